The molecule has 0 atom stereocenters. The molecule has 1 aliphatic rings. The quantitative estimate of drug-likeness (QED) is 0.779. The molecule has 1 fully saturated rings. The van der Waals surface area contributed by atoms with Crippen LogP contribution in [0.3, 0.4) is 0 Å². The number of hydrogen-bond donors (Lipinski definition) is 0. The lowest BCUT2D eigenvalue weighted by Gasteiger charge is -2.37. The van der Waals surface area contributed by atoms with Gasteiger partial charge in [0.05, 0.1) is 17.0 Å². The second-order valence-corrected chi connectivity index (χ2v) is 7.68. The molecular formula is C20H24BrN3O. The van der Waals surface area contributed by atoms with Crippen molar-refractivity contribution >= 4 is 21.8 Å². The van der Waals surface area contributed by atoms with Gasteiger partial charge in [0.25, 0.3) is 5.91 Å². The molecule has 0 saturated carbocycles. The molecule has 0 N–H and O–H groups in total. The summed E-state index contributed by atoms with van der Waals surface area (Å²) < 4.78 is 1.02. The van der Waals surface area contributed by atoms with Crippen molar-refractivity contribution in [1.29, 1.82) is 0 Å². The Bertz CT molecular complexity index is 767. The highest BCUT2D eigenvalue weighted by atomic mass is 79.9. The van der Waals surface area contributed by atoms with E-state index in [4.69, 9.17) is 0 Å². The predicted molar refractivity (Wildman–Crippen MR) is 105 cm³/mol. The van der Waals surface area contributed by atoms with Crippen LogP contribution < -0.4 is 0 Å². The third-order valence-electron chi connectivity index (χ3n) is 4.77. The van der Waals surface area contributed by atoms with Gasteiger partial charge in [-0.2, -0.15) is 0 Å². The maximum Gasteiger partial charge on any atom is 0.255 e. The summed E-state index contributed by atoms with van der Waals surface area (Å²) in [5.41, 5.74) is 3.42. The smallest absolute Gasteiger partial charge is 0.255 e. The van der Waals surface area contributed by atoms with Crippen LogP contribution >= 0.6 is 15.9 Å². The molecular weight excluding hydrogens is 378 g/mol. The number of amides is 1. The topological polar surface area (TPSA) is 36.4 Å². The fourth-order valence-electron chi connectivity index (χ4n) is 3.21. The van der Waals surface area contributed by atoms with Gasteiger partial charge in [-0.25, -0.2) is 0 Å². The van der Waals surface area contributed by atoms with Crippen LogP contribution in [0.25, 0.3) is 11.3 Å². The lowest BCUT2D eigenvalue weighted by molar-refractivity contribution is 0.0594. The number of halogens is 1. The minimum Gasteiger partial charge on any atom is -0.336 e. The molecule has 5 heteroatoms. The monoisotopic (exact) mass is 401 g/mol. The normalized spacial score (nSPS) is 15.6. The van der Waals surface area contributed by atoms with E-state index in [0.29, 0.717) is 11.6 Å². The first kappa shape index (κ1) is 18.1. The Balaban J connectivity index is 1.76. The first-order valence-corrected chi connectivity index (χ1v) is 9.52. The SMILES string of the molecule is Cc1nc(-c2cccc(Br)c2)ccc1C(=O)N1CCN(C(C)C)CC1. The molecule has 25 heavy (non-hydrogen) atoms. The number of aromatic nitrogens is 1. The molecule has 0 radical (unpaired) electrons. The Morgan fingerprint density at radius 3 is 2.44 bits per heavy atom. The average Bonchev–Trinajstić information content (AvgIpc) is 2.61. The summed E-state index contributed by atoms with van der Waals surface area (Å²) in [5, 5.41) is 0. The van der Waals surface area contributed by atoms with Crippen LogP contribution in [0.1, 0.15) is 29.9 Å². The summed E-state index contributed by atoms with van der Waals surface area (Å²) in [6.45, 7) is 9.75. The third-order valence-corrected chi connectivity index (χ3v) is 5.26. The van der Waals surface area contributed by atoms with Crippen LogP contribution in [0.15, 0.2) is 40.9 Å². The van der Waals surface area contributed by atoms with Crippen LogP contribution in [0.5, 0.6) is 0 Å². The zero-order valence-electron chi connectivity index (χ0n) is 15.0. The average molecular weight is 402 g/mol. The van der Waals surface area contributed by atoms with Crippen LogP contribution in [0, 0.1) is 6.92 Å². The number of carbonyl (C=O) groups is 1. The maximum absolute atomic E-state index is 12.9. The predicted octanol–water partition coefficient (Wildman–Crippen LogP) is 3.99. The van der Waals surface area contributed by atoms with Crippen molar-refractivity contribution in [3.63, 3.8) is 0 Å². The maximum atomic E-state index is 12.9. The van der Waals surface area contributed by atoms with Gasteiger partial charge in [-0.15, -0.1) is 0 Å². The van der Waals surface area contributed by atoms with Gasteiger partial charge >= 0.3 is 0 Å². The Kier molecular flexibility index (Phi) is 5.54. The summed E-state index contributed by atoms with van der Waals surface area (Å²) in [5.74, 6) is 0.0919. The van der Waals surface area contributed by atoms with E-state index in [-0.39, 0.29) is 5.91 Å². The zero-order valence-corrected chi connectivity index (χ0v) is 16.6. The minimum atomic E-state index is 0.0919. The highest BCUT2D eigenvalue weighted by Gasteiger charge is 2.24. The molecule has 1 aromatic heterocycles. The van der Waals surface area contributed by atoms with E-state index in [9.17, 15) is 4.79 Å². The van der Waals surface area contributed by atoms with E-state index in [0.717, 1.165) is 47.6 Å². The molecule has 3 rings (SSSR count). The largest absolute Gasteiger partial charge is 0.336 e. The highest BCUT2D eigenvalue weighted by Crippen LogP contribution is 2.23. The fraction of sp³-hybridized carbons (Fsp3) is 0.400. The van der Waals surface area contributed by atoms with Crippen LogP contribution in [0.2, 0.25) is 0 Å². The number of carbonyl (C=O) groups excluding carboxylic acids is 1. The molecule has 1 saturated heterocycles. The lowest BCUT2D eigenvalue weighted by Crippen LogP contribution is -2.50. The number of rotatable bonds is 3. The number of piperazine rings is 1. The Hall–Kier alpha value is -1.72. The second kappa shape index (κ2) is 7.67. The van der Waals surface area contributed by atoms with Gasteiger partial charge in [-0.3, -0.25) is 14.7 Å². The lowest BCUT2D eigenvalue weighted by atomic mass is 10.1. The van der Waals surface area contributed by atoms with Crippen molar-refractivity contribution in [2.24, 2.45) is 0 Å². The molecule has 4 nitrogen and oxygen atoms in total. The molecule has 1 amide bonds. The van der Waals surface area contributed by atoms with Crippen molar-refractivity contribution in [1.82, 2.24) is 14.8 Å². The van der Waals surface area contributed by atoms with Crippen molar-refractivity contribution in [2.75, 3.05) is 26.2 Å². The third kappa shape index (κ3) is 4.10. The van der Waals surface area contributed by atoms with Gasteiger partial charge in [0.1, 0.15) is 0 Å². The first-order chi connectivity index (χ1) is 12.0. The van der Waals surface area contributed by atoms with E-state index in [2.05, 4.69) is 39.7 Å². The van der Waals surface area contributed by atoms with Gasteiger partial charge in [-0.1, -0.05) is 28.1 Å². The van der Waals surface area contributed by atoms with E-state index < -0.39 is 0 Å². The first-order valence-electron chi connectivity index (χ1n) is 8.72. The summed E-state index contributed by atoms with van der Waals surface area (Å²) in [6, 6.07) is 12.4. The molecule has 1 aromatic carbocycles. The van der Waals surface area contributed by atoms with Gasteiger partial charge in [0, 0.05) is 42.3 Å². The number of pyridine rings is 1. The minimum absolute atomic E-state index is 0.0919. The van der Waals surface area contributed by atoms with Crippen molar-refractivity contribution < 1.29 is 4.79 Å². The number of nitrogens with zero attached hydrogens (tertiary/aromatic N) is 3. The molecule has 0 spiro atoms. The number of hydrogen-bond acceptors (Lipinski definition) is 3. The molecule has 2 aromatic rings. The fourth-order valence-corrected chi connectivity index (χ4v) is 3.61. The number of benzene rings is 1. The van der Waals surface area contributed by atoms with Crippen molar-refractivity contribution in [2.45, 2.75) is 26.8 Å². The molecule has 0 aliphatic carbocycles. The second-order valence-electron chi connectivity index (χ2n) is 6.76. The van der Waals surface area contributed by atoms with E-state index in [1.54, 1.807) is 0 Å². The van der Waals surface area contributed by atoms with Gasteiger partial charge in [0.2, 0.25) is 0 Å². The summed E-state index contributed by atoms with van der Waals surface area (Å²) in [7, 11) is 0. The molecule has 132 valence electrons. The van der Waals surface area contributed by atoms with E-state index in [1.807, 2.05) is 48.2 Å². The Labute approximate surface area is 158 Å². The Morgan fingerprint density at radius 2 is 1.84 bits per heavy atom. The van der Waals surface area contributed by atoms with Crippen LogP contribution in [-0.2, 0) is 0 Å². The van der Waals surface area contributed by atoms with Crippen LogP contribution in [0.4, 0.5) is 0 Å². The summed E-state index contributed by atoms with van der Waals surface area (Å²) in [6.07, 6.45) is 0. The van der Waals surface area contributed by atoms with Gasteiger partial charge in [0.15, 0.2) is 0 Å². The highest BCUT2D eigenvalue weighted by molar-refractivity contribution is 9.10. The molecule has 0 unspecified atom stereocenters. The van der Waals surface area contributed by atoms with E-state index >= 15 is 0 Å². The van der Waals surface area contributed by atoms with Gasteiger partial charge < -0.3 is 4.90 Å². The molecule has 1 aliphatic heterocycles. The number of aryl methyl sites for hydroxylation is 1. The van der Waals surface area contributed by atoms with Crippen molar-refractivity contribution in [3.8, 4) is 11.3 Å². The zero-order chi connectivity index (χ0) is 18.0. The Morgan fingerprint density at radius 1 is 1.12 bits per heavy atom. The molecule has 2 heterocycles. The van der Waals surface area contributed by atoms with E-state index in [1.165, 1.54) is 0 Å². The molecule has 0 bridgehead atoms. The van der Waals surface area contributed by atoms with Crippen molar-refractivity contribution in [3.05, 3.63) is 52.1 Å². The standard InChI is InChI=1S/C20H24BrN3O/c1-14(2)23-9-11-24(12-10-23)20(25)18-7-8-19(22-15(18)3)16-5-4-6-17(21)13-16/h4-8,13-14H,9-12H2,1-3H3. The van der Waals surface area contributed by atoms with Gasteiger partial charge in [-0.05, 0) is 45.0 Å². The summed E-state index contributed by atoms with van der Waals surface area (Å²) >= 11 is 3.49. The van der Waals surface area contributed by atoms with Crippen LogP contribution in [-0.4, -0.2) is 52.9 Å². The summed E-state index contributed by atoms with van der Waals surface area (Å²) in [4.78, 5) is 21.9.